The van der Waals surface area contributed by atoms with Gasteiger partial charge in [0.15, 0.2) is 6.61 Å². The third-order valence-corrected chi connectivity index (χ3v) is 5.64. The molecule has 0 spiro atoms. The van der Waals surface area contributed by atoms with E-state index in [1.165, 1.54) is 0 Å². The second-order valence-corrected chi connectivity index (χ2v) is 9.30. The van der Waals surface area contributed by atoms with E-state index in [0.29, 0.717) is 34.3 Å². The number of hydrogen-bond acceptors (Lipinski definition) is 3. The average molecular weight is 449 g/mol. The molecular formula is C26H25ClN2O3. The third-order valence-electron chi connectivity index (χ3n) is 5.40. The van der Waals surface area contributed by atoms with Gasteiger partial charge in [-0.3, -0.25) is 9.59 Å². The van der Waals surface area contributed by atoms with Crippen molar-refractivity contribution < 1.29 is 14.3 Å². The molecule has 1 N–H and O–H groups in total. The van der Waals surface area contributed by atoms with Crippen molar-refractivity contribution in [3.8, 4) is 5.75 Å². The van der Waals surface area contributed by atoms with Crippen LogP contribution < -0.4 is 15.0 Å². The topological polar surface area (TPSA) is 58.6 Å². The van der Waals surface area contributed by atoms with Gasteiger partial charge in [-0.25, -0.2) is 0 Å². The van der Waals surface area contributed by atoms with Gasteiger partial charge >= 0.3 is 0 Å². The highest BCUT2D eigenvalue weighted by atomic mass is 35.5. The highest BCUT2D eigenvalue weighted by Crippen LogP contribution is 2.36. The van der Waals surface area contributed by atoms with Crippen molar-refractivity contribution in [1.82, 2.24) is 0 Å². The number of carbonyl (C=O) groups is 2. The summed E-state index contributed by atoms with van der Waals surface area (Å²) in [4.78, 5) is 27.0. The van der Waals surface area contributed by atoms with Crippen LogP contribution in [-0.4, -0.2) is 18.4 Å². The smallest absolute Gasteiger partial charge is 0.265 e. The quantitative estimate of drug-likeness (QED) is 0.547. The fourth-order valence-corrected chi connectivity index (χ4v) is 3.81. The molecule has 3 aromatic rings. The van der Waals surface area contributed by atoms with Crippen molar-refractivity contribution in [3.63, 3.8) is 0 Å². The number of rotatable bonds is 4. The molecule has 4 rings (SSSR count). The zero-order valence-electron chi connectivity index (χ0n) is 18.3. The molecule has 0 aromatic heterocycles. The summed E-state index contributed by atoms with van der Waals surface area (Å²) >= 11 is 6.10. The van der Waals surface area contributed by atoms with Gasteiger partial charge in [-0.05, 0) is 59.0 Å². The molecule has 0 saturated heterocycles. The van der Waals surface area contributed by atoms with Crippen LogP contribution in [0.1, 0.15) is 42.3 Å². The minimum Gasteiger partial charge on any atom is -0.482 e. The van der Waals surface area contributed by atoms with E-state index in [9.17, 15) is 9.59 Å². The number of carbonyl (C=O) groups excluding carboxylic acids is 2. The molecule has 0 bridgehead atoms. The zero-order valence-corrected chi connectivity index (χ0v) is 19.1. The molecule has 32 heavy (non-hydrogen) atoms. The number of nitrogens with one attached hydrogen (secondary N) is 1. The maximum atomic E-state index is 12.8. The van der Waals surface area contributed by atoms with Crippen LogP contribution in [-0.2, 0) is 16.8 Å². The van der Waals surface area contributed by atoms with Crippen LogP contribution in [0.3, 0.4) is 0 Å². The molecule has 1 heterocycles. The lowest BCUT2D eigenvalue weighted by molar-refractivity contribution is -0.121. The maximum Gasteiger partial charge on any atom is 0.265 e. The van der Waals surface area contributed by atoms with E-state index >= 15 is 0 Å². The van der Waals surface area contributed by atoms with E-state index in [1.54, 1.807) is 29.2 Å². The molecule has 164 valence electrons. The fourth-order valence-electron chi connectivity index (χ4n) is 3.60. The highest BCUT2D eigenvalue weighted by molar-refractivity contribution is 6.30. The lowest BCUT2D eigenvalue weighted by Crippen LogP contribution is -2.38. The summed E-state index contributed by atoms with van der Waals surface area (Å²) in [5, 5.41) is 3.53. The van der Waals surface area contributed by atoms with Gasteiger partial charge in [-0.1, -0.05) is 56.6 Å². The van der Waals surface area contributed by atoms with Crippen LogP contribution >= 0.6 is 11.6 Å². The summed E-state index contributed by atoms with van der Waals surface area (Å²) in [5.74, 6) is 0.229. The Kier molecular flexibility index (Phi) is 5.94. The van der Waals surface area contributed by atoms with Gasteiger partial charge in [0.25, 0.3) is 11.8 Å². The molecule has 0 saturated carbocycles. The Bertz CT molecular complexity index is 1170. The Balaban J connectivity index is 1.56. The highest BCUT2D eigenvalue weighted by Gasteiger charge is 2.26. The average Bonchev–Trinajstić information content (AvgIpc) is 2.75. The second kappa shape index (κ2) is 8.67. The predicted molar refractivity (Wildman–Crippen MR) is 128 cm³/mol. The number of benzene rings is 3. The minimum absolute atomic E-state index is 0.0203. The molecule has 6 heteroatoms. The maximum absolute atomic E-state index is 12.8. The van der Waals surface area contributed by atoms with Crippen molar-refractivity contribution in [1.29, 1.82) is 0 Å². The first-order valence-corrected chi connectivity index (χ1v) is 10.8. The normalized spacial score (nSPS) is 13.4. The predicted octanol–water partition coefficient (Wildman–Crippen LogP) is 5.82. The van der Waals surface area contributed by atoms with Crippen LogP contribution in [0.4, 0.5) is 11.4 Å². The van der Waals surface area contributed by atoms with Crippen LogP contribution in [0.5, 0.6) is 5.75 Å². The molecule has 0 unspecified atom stereocenters. The van der Waals surface area contributed by atoms with Gasteiger partial charge in [-0.2, -0.15) is 0 Å². The van der Waals surface area contributed by atoms with E-state index in [0.717, 1.165) is 11.1 Å². The lowest BCUT2D eigenvalue weighted by Gasteiger charge is -2.30. The minimum atomic E-state index is -0.213. The molecule has 0 radical (unpaired) electrons. The number of hydrogen-bond donors (Lipinski definition) is 1. The Morgan fingerprint density at radius 1 is 1.06 bits per heavy atom. The SMILES string of the molecule is CC(C)(C)c1ccc(C(=O)Nc2ccc3c(c2)N(Cc2cccc(Cl)c2)C(=O)CO3)cc1. The molecule has 3 aromatic carbocycles. The van der Waals surface area contributed by atoms with Crippen molar-refractivity contribution in [2.24, 2.45) is 0 Å². The molecule has 0 fully saturated rings. The Morgan fingerprint density at radius 3 is 2.50 bits per heavy atom. The van der Waals surface area contributed by atoms with E-state index in [4.69, 9.17) is 16.3 Å². The molecule has 2 amide bonds. The molecule has 5 nitrogen and oxygen atoms in total. The molecule has 0 aliphatic carbocycles. The summed E-state index contributed by atoms with van der Waals surface area (Å²) in [5.41, 5.74) is 3.86. The Hall–Kier alpha value is -3.31. The largest absolute Gasteiger partial charge is 0.482 e. The van der Waals surface area contributed by atoms with E-state index in [2.05, 4.69) is 26.1 Å². The molecular weight excluding hydrogens is 424 g/mol. The summed E-state index contributed by atoms with van der Waals surface area (Å²) in [6.07, 6.45) is 0. The van der Waals surface area contributed by atoms with E-state index in [-0.39, 0.29) is 23.8 Å². The number of halogens is 1. The van der Waals surface area contributed by atoms with Gasteiger partial charge < -0.3 is 15.0 Å². The standard InChI is InChI=1S/C26H25ClN2O3/c1-26(2,3)19-9-7-18(8-10-19)25(31)28-21-11-12-23-22(14-21)29(24(30)16-32-23)15-17-5-4-6-20(27)13-17/h4-14H,15-16H2,1-3H3,(H,28,31). The number of fused-ring (bicyclic) bond motifs is 1. The van der Waals surface area contributed by atoms with Gasteiger partial charge in [0.05, 0.1) is 12.2 Å². The van der Waals surface area contributed by atoms with Crippen LogP contribution in [0.2, 0.25) is 5.02 Å². The first-order valence-electron chi connectivity index (χ1n) is 10.4. The number of amides is 2. The van der Waals surface area contributed by atoms with Gasteiger partial charge in [-0.15, -0.1) is 0 Å². The second-order valence-electron chi connectivity index (χ2n) is 8.86. The first-order chi connectivity index (χ1) is 15.2. The number of ether oxygens (including phenoxy) is 1. The van der Waals surface area contributed by atoms with Crippen molar-refractivity contribution in [2.45, 2.75) is 32.7 Å². The zero-order chi connectivity index (χ0) is 22.9. The first kappa shape index (κ1) is 21.9. The van der Waals surface area contributed by atoms with Gasteiger partial charge in [0.2, 0.25) is 0 Å². The summed E-state index contributed by atoms with van der Waals surface area (Å²) in [7, 11) is 0. The van der Waals surface area contributed by atoms with Crippen LogP contribution in [0.25, 0.3) is 0 Å². The van der Waals surface area contributed by atoms with Gasteiger partial charge in [0, 0.05) is 16.3 Å². The monoisotopic (exact) mass is 448 g/mol. The van der Waals surface area contributed by atoms with Crippen molar-refractivity contribution in [2.75, 3.05) is 16.8 Å². The Morgan fingerprint density at radius 2 is 1.81 bits per heavy atom. The number of nitrogens with zero attached hydrogens (tertiary/aromatic N) is 1. The van der Waals surface area contributed by atoms with E-state index in [1.807, 2.05) is 42.5 Å². The fraction of sp³-hybridized carbons (Fsp3) is 0.231. The van der Waals surface area contributed by atoms with Crippen molar-refractivity contribution in [3.05, 3.63) is 88.4 Å². The van der Waals surface area contributed by atoms with Crippen LogP contribution in [0.15, 0.2) is 66.7 Å². The van der Waals surface area contributed by atoms with Crippen LogP contribution in [0, 0.1) is 0 Å². The summed E-state index contributed by atoms with van der Waals surface area (Å²) < 4.78 is 5.59. The molecule has 1 aliphatic rings. The summed E-state index contributed by atoms with van der Waals surface area (Å²) in [6.45, 7) is 6.73. The van der Waals surface area contributed by atoms with Gasteiger partial charge in [0.1, 0.15) is 5.75 Å². The lowest BCUT2D eigenvalue weighted by atomic mass is 9.87. The summed E-state index contributed by atoms with van der Waals surface area (Å²) in [6, 6.07) is 20.3. The molecule has 1 aliphatic heterocycles. The van der Waals surface area contributed by atoms with E-state index < -0.39 is 0 Å². The van der Waals surface area contributed by atoms with Crippen molar-refractivity contribution >= 4 is 34.8 Å². The number of anilines is 2. The Labute approximate surface area is 193 Å². The molecule has 0 atom stereocenters. The third kappa shape index (κ3) is 4.78.